The Kier molecular flexibility index (Phi) is 21.1. The zero-order chi connectivity index (χ0) is 64.1. The topological polar surface area (TPSA) is 133 Å². The summed E-state index contributed by atoms with van der Waals surface area (Å²) in [5, 5.41) is 8.43. The number of anilines is 3. The van der Waals surface area contributed by atoms with E-state index in [9.17, 15) is 14.4 Å². The molecule has 8 bridgehead atoms. The molecule has 0 atom stereocenters. The van der Waals surface area contributed by atoms with Crippen LogP contribution in [0.25, 0.3) is 22.3 Å². The molecule has 8 aliphatic carbocycles. The quantitative estimate of drug-likeness (QED) is 0.111. The number of hydrogen-bond donors (Lipinski definition) is 3. The van der Waals surface area contributed by atoms with Crippen molar-refractivity contribution in [3.05, 3.63) is 198 Å². The first-order chi connectivity index (χ1) is 41.2. The lowest BCUT2D eigenvalue weighted by atomic mass is 9.78. The number of carbonyl (C=O) groups excluding carboxylic acids is 3. The number of amides is 3. The van der Waals surface area contributed by atoms with Crippen LogP contribution >= 0.6 is 31.9 Å². The van der Waals surface area contributed by atoms with Crippen molar-refractivity contribution < 1.29 is 37.9 Å². The first-order valence-corrected chi connectivity index (χ1v) is 32.2. The Morgan fingerprint density at radius 1 is 0.409 bits per heavy atom. The molecule has 1 aliphatic heterocycles. The summed E-state index contributed by atoms with van der Waals surface area (Å²) in [7, 11) is -0.413. The molecule has 16 rings (SSSR count). The maximum Gasteiger partial charge on any atom is 0.494 e. The van der Waals surface area contributed by atoms with Crippen LogP contribution in [0.4, 0.5) is 31.4 Å². The second-order valence-electron chi connectivity index (χ2n) is 27.4. The predicted octanol–water partition coefficient (Wildman–Crippen LogP) is 19.0. The number of halogens is 2. The molecule has 0 radical (unpaired) electrons. The number of hydrogen-bond acceptors (Lipinski definition) is 8. The van der Waals surface area contributed by atoms with Gasteiger partial charge in [0.25, 0.3) is 0 Å². The van der Waals surface area contributed by atoms with E-state index in [2.05, 4.69) is 153 Å². The van der Waals surface area contributed by atoms with Crippen LogP contribution in [-0.4, -0.2) is 53.4 Å². The summed E-state index contributed by atoms with van der Waals surface area (Å²) in [5.41, 5.74) is 18.8. The van der Waals surface area contributed by atoms with E-state index < -0.39 is 42.2 Å². The van der Waals surface area contributed by atoms with Crippen molar-refractivity contribution in [2.45, 2.75) is 190 Å². The van der Waals surface area contributed by atoms with Crippen molar-refractivity contribution in [1.82, 2.24) is 0 Å². The minimum Gasteiger partial charge on any atom is -0.444 e. The second-order valence-corrected chi connectivity index (χ2v) is 29.1. The van der Waals surface area contributed by atoms with E-state index in [4.69, 9.17) is 23.5 Å². The number of rotatable bonds is 6. The van der Waals surface area contributed by atoms with E-state index in [-0.39, 0.29) is 11.2 Å². The Morgan fingerprint density at radius 3 is 1.20 bits per heavy atom. The summed E-state index contributed by atoms with van der Waals surface area (Å²) < 4.78 is 30.9. The van der Waals surface area contributed by atoms with Crippen molar-refractivity contribution in [1.29, 1.82) is 0 Å². The van der Waals surface area contributed by atoms with Gasteiger partial charge in [-0.2, -0.15) is 0 Å². The first kappa shape index (κ1) is 67.2. The molecule has 7 aromatic carbocycles. The monoisotopic (exact) mass is 1320 g/mol. The van der Waals surface area contributed by atoms with E-state index >= 15 is 0 Å². The maximum absolute atomic E-state index is 12.9. The van der Waals surface area contributed by atoms with Crippen LogP contribution in [0, 0.1) is 20.8 Å². The van der Waals surface area contributed by atoms with Gasteiger partial charge in [-0.05, 0) is 281 Å². The average Bonchev–Trinajstić information content (AvgIpc) is 1.68. The molecule has 9 aliphatic rings. The highest BCUT2D eigenvalue weighted by atomic mass is 79.9. The third kappa shape index (κ3) is 18.5. The van der Waals surface area contributed by atoms with Gasteiger partial charge in [0.2, 0.25) is 0 Å². The van der Waals surface area contributed by atoms with Crippen LogP contribution in [0.1, 0.15) is 151 Å². The summed E-state index contributed by atoms with van der Waals surface area (Å²) in [6.07, 6.45) is 6.27. The van der Waals surface area contributed by atoms with E-state index in [0.29, 0.717) is 17.1 Å². The molecule has 0 spiro atoms. The molecule has 3 amide bonds. The molecular weight excluding hydrogens is 1230 g/mol. The Hall–Kier alpha value is -6.71. The Labute approximate surface area is 540 Å². The molecule has 0 saturated carbocycles. The molecule has 1 saturated heterocycles. The number of ether oxygens (including phenoxy) is 3. The summed E-state index contributed by atoms with van der Waals surface area (Å²) in [4.78, 5) is 37.5. The third-order valence-electron chi connectivity index (χ3n) is 16.1. The molecule has 1 heterocycles. The van der Waals surface area contributed by atoms with Gasteiger partial charge in [0, 0.05) is 14.6 Å². The summed E-state index contributed by atoms with van der Waals surface area (Å²) in [6, 6.07) is 45.5. The first-order valence-electron chi connectivity index (χ1n) is 30.6. The molecule has 0 unspecified atom stereocenters. The van der Waals surface area contributed by atoms with Crippen molar-refractivity contribution in [2.75, 3.05) is 16.0 Å². The van der Waals surface area contributed by atoms with E-state index in [1.165, 1.54) is 75.7 Å². The van der Waals surface area contributed by atoms with Gasteiger partial charge in [-0.3, -0.25) is 16.0 Å². The fraction of sp³-hybridized carbons (Fsp3) is 0.392. The highest BCUT2D eigenvalue weighted by molar-refractivity contribution is 9.10. The van der Waals surface area contributed by atoms with Gasteiger partial charge in [0.05, 0.1) is 22.6 Å². The number of aryl methyl sites for hydroxylation is 11. The van der Waals surface area contributed by atoms with Gasteiger partial charge in [0.1, 0.15) is 16.8 Å². The molecule has 3 N–H and O–H groups in total. The molecule has 88 heavy (non-hydrogen) atoms. The maximum atomic E-state index is 12.9. The average molecular weight is 1320 g/mol. The second kappa shape index (κ2) is 27.6. The molecule has 1 fully saturated rings. The molecule has 14 heteroatoms. The highest BCUT2D eigenvalue weighted by Crippen LogP contribution is 2.38. The lowest BCUT2D eigenvalue weighted by Gasteiger charge is -2.32. The largest absolute Gasteiger partial charge is 0.494 e. The number of benzene rings is 7. The van der Waals surface area contributed by atoms with Crippen molar-refractivity contribution >= 4 is 79.8 Å². The zero-order valence-electron chi connectivity index (χ0n) is 54.4. The van der Waals surface area contributed by atoms with Crippen LogP contribution in [0.3, 0.4) is 0 Å². The normalized spacial score (nSPS) is 15.0. The molecule has 0 aromatic heterocycles. The van der Waals surface area contributed by atoms with Crippen LogP contribution in [0.2, 0.25) is 0 Å². The minimum absolute atomic E-state index is 0.376. The predicted molar refractivity (Wildman–Crippen MR) is 368 cm³/mol. The molecule has 464 valence electrons. The van der Waals surface area contributed by atoms with Gasteiger partial charge in [-0.15, -0.1) is 0 Å². The van der Waals surface area contributed by atoms with Crippen molar-refractivity contribution in [2.24, 2.45) is 0 Å². The van der Waals surface area contributed by atoms with Crippen LogP contribution in [-0.2, 0) is 74.9 Å². The van der Waals surface area contributed by atoms with Gasteiger partial charge in [-0.25, -0.2) is 14.4 Å². The van der Waals surface area contributed by atoms with Crippen molar-refractivity contribution in [3.8, 4) is 22.3 Å². The van der Waals surface area contributed by atoms with E-state index in [1.54, 1.807) is 6.07 Å². The minimum atomic E-state index is -0.678. The lowest BCUT2D eigenvalue weighted by molar-refractivity contribution is 0.00578. The van der Waals surface area contributed by atoms with Gasteiger partial charge in [-0.1, -0.05) is 129 Å². The Balaban J connectivity index is 0.000000197. The SMILES string of the molecule is Brc1cc2ccc1CCc1ccc(c(Br)c1)CC2.Cc1cc(B2OC(C)(C)C(C)(C)O2)ccc1NC(=O)OC(C)(C)C.Cc1ccc(-c2cc3ccc2CCc2ccc(c(-c4ccc(NC(=O)OC(C)(C)C)c(NC(=O)OC(C)(C)C)c4)c2)CC3)cc1C. The van der Waals surface area contributed by atoms with Crippen molar-refractivity contribution in [3.63, 3.8) is 0 Å². The highest BCUT2D eigenvalue weighted by Gasteiger charge is 2.51. The van der Waals surface area contributed by atoms with Crippen LogP contribution in [0.15, 0.2) is 136 Å². The standard InChI is InChI=1S/C40H46N2O4.C18H28BNO4.C16H14Br2/c1-25-9-14-31(21-26(25)2)33-22-27-10-15-29(33)16-11-28-13-18-30(17-12-27)34(23-28)32-19-20-35(41-37(43)45-39(3,4)5)36(24-32)42-38(44)46-40(6,7)8;1-12-11-13(19-23-17(5,6)18(7,8)24-19)9-10-14(12)20-15(21)22-16(2,3)4;17-15-9-11-1-5-13(15)8-4-12-2-6-14(7-3-11)16(18)10-12/h9-10,13-15,18-24H,11-12,16-17H2,1-8H3,(H,41,43)(H,42,44);9-11H,1-8H3,(H,20,21);1-2,5-6,9-10H,3-4,7-8H2. The summed E-state index contributed by atoms with van der Waals surface area (Å²) in [6.45, 7) is 30.7. The molecule has 7 aromatic rings. The van der Waals surface area contributed by atoms with Gasteiger partial charge < -0.3 is 23.5 Å². The Morgan fingerprint density at radius 2 is 0.784 bits per heavy atom. The van der Waals surface area contributed by atoms with E-state index in [0.717, 1.165) is 73.5 Å². The van der Waals surface area contributed by atoms with E-state index in [1.807, 2.05) is 127 Å². The lowest BCUT2D eigenvalue weighted by Crippen LogP contribution is -2.41. The molecule has 11 nitrogen and oxygen atoms in total. The third-order valence-corrected chi connectivity index (χ3v) is 17.6. The zero-order valence-corrected chi connectivity index (χ0v) is 57.6. The molecular formula is C74H88BBr2N3O8. The van der Waals surface area contributed by atoms with Crippen LogP contribution < -0.4 is 21.4 Å². The van der Waals surface area contributed by atoms with Gasteiger partial charge >= 0.3 is 25.4 Å². The van der Waals surface area contributed by atoms with Gasteiger partial charge in [0.15, 0.2) is 0 Å². The fourth-order valence-electron chi connectivity index (χ4n) is 10.6. The smallest absolute Gasteiger partial charge is 0.444 e. The Bertz CT molecular complexity index is 3640. The van der Waals surface area contributed by atoms with Crippen LogP contribution in [0.5, 0.6) is 0 Å². The fourth-order valence-corrected chi connectivity index (χ4v) is 11.8. The summed E-state index contributed by atoms with van der Waals surface area (Å²) >= 11 is 7.39. The number of nitrogens with one attached hydrogen (secondary N) is 3. The number of carbonyl (C=O) groups is 3. The summed E-state index contributed by atoms with van der Waals surface area (Å²) in [5.74, 6) is 0.